The third kappa shape index (κ3) is 2.90. The van der Waals surface area contributed by atoms with Crippen molar-refractivity contribution in [3.8, 4) is 6.07 Å². The maximum Gasteiger partial charge on any atom is 0.115 e. The highest BCUT2D eigenvalue weighted by molar-refractivity contribution is 8.00. The van der Waals surface area contributed by atoms with E-state index in [1.165, 1.54) is 6.92 Å². The number of carbonyl (C=O) groups is 1. The van der Waals surface area contributed by atoms with Gasteiger partial charge in [-0.1, -0.05) is 23.4 Å². The zero-order valence-electron chi connectivity index (χ0n) is 9.57. The molecule has 1 rings (SSSR count). The lowest BCUT2D eigenvalue weighted by atomic mass is 10.1. The Morgan fingerprint density at radius 2 is 2.18 bits per heavy atom. The molecule has 1 aromatic heterocycles. The Morgan fingerprint density at radius 1 is 1.59 bits per heavy atom. The zero-order chi connectivity index (χ0) is 13.2. The number of nitriles is 1. The molecule has 0 aliphatic rings. The first-order valence-corrected chi connectivity index (χ1v) is 6.08. The number of carboxylic acids is 1. The van der Waals surface area contributed by atoms with Crippen molar-refractivity contribution < 1.29 is 9.90 Å². The fraction of sp³-hybridized carbons (Fsp3) is 0.364. The van der Waals surface area contributed by atoms with Crippen molar-refractivity contribution in [1.29, 1.82) is 5.26 Å². The molecular formula is C11H10ClN2O2S-. The molecule has 0 aliphatic carbocycles. The molecule has 0 amide bonds. The molecule has 0 bridgehead atoms. The molecule has 1 atom stereocenters. The molecule has 0 spiro atoms. The van der Waals surface area contributed by atoms with Crippen LogP contribution >= 0.6 is 23.4 Å². The lowest BCUT2D eigenvalue weighted by Crippen LogP contribution is -2.31. The van der Waals surface area contributed by atoms with Crippen molar-refractivity contribution >= 4 is 29.3 Å². The topological polar surface area (TPSA) is 76.8 Å². The highest BCUT2D eigenvalue weighted by Crippen LogP contribution is 2.31. The summed E-state index contributed by atoms with van der Waals surface area (Å²) in [5, 5.41) is 19.8. The van der Waals surface area contributed by atoms with Crippen LogP contribution in [0.3, 0.4) is 0 Å². The number of carboxylic acid groups (broad SMARTS) is 1. The van der Waals surface area contributed by atoms with Crippen LogP contribution in [0, 0.1) is 25.2 Å². The van der Waals surface area contributed by atoms with E-state index in [4.69, 9.17) is 16.9 Å². The van der Waals surface area contributed by atoms with E-state index < -0.39 is 11.2 Å². The standard InChI is InChI=1S/C11H11ClN2O2S/c1-5-8(4-13)10(14-6(2)9(5)12)17-7(3)11(15)16/h7H,1-3H3,(H,15,16)/p-1/t7-/m0/s1. The number of thioether (sulfide) groups is 1. The Morgan fingerprint density at radius 3 is 2.65 bits per heavy atom. The first kappa shape index (κ1) is 13.8. The molecule has 0 radical (unpaired) electrons. The Bertz CT molecular complexity index is 511. The van der Waals surface area contributed by atoms with Crippen molar-refractivity contribution in [2.45, 2.75) is 31.0 Å². The van der Waals surface area contributed by atoms with E-state index in [2.05, 4.69) is 4.98 Å². The van der Waals surface area contributed by atoms with E-state index in [1.807, 2.05) is 6.07 Å². The number of carbonyl (C=O) groups excluding carboxylic acids is 1. The van der Waals surface area contributed by atoms with Gasteiger partial charge in [0.15, 0.2) is 0 Å². The summed E-state index contributed by atoms with van der Waals surface area (Å²) in [5.41, 5.74) is 1.52. The quantitative estimate of drug-likeness (QED) is 0.776. The number of rotatable bonds is 3. The maximum absolute atomic E-state index is 10.7. The van der Waals surface area contributed by atoms with Crippen LogP contribution in [0.25, 0.3) is 0 Å². The van der Waals surface area contributed by atoms with Crippen LogP contribution in [0.2, 0.25) is 5.02 Å². The van der Waals surface area contributed by atoms with Gasteiger partial charge in [-0.05, 0) is 26.3 Å². The molecule has 90 valence electrons. The summed E-state index contributed by atoms with van der Waals surface area (Å²) in [6.07, 6.45) is 0. The molecule has 1 heterocycles. The number of pyridine rings is 1. The molecule has 17 heavy (non-hydrogen) atoms. The second kappa shape index (κ2) is 5.39. The van der Waals surface area contributed by atoms with Gasteiger partial charge < -0.3 is 9.90 Å². The van der Waals surface area contributed by atoms with E-state index in [9.17, 15) is 9.90 Å². The second-order valence-corrected chi connectivity index (χ2v) is 5.21. The van der Waals surface area contributed by atoms with Gasteiger partial charge in [-0.2, -0.15) is 5.26 Å². The number of aryl methyl sites for hydroxylation is 1. The van der Waals surface area contributed by atoms with Crippen LogP contribution in [-0.4, -0.2) is 16.2 Å². The fourth-order valence-corrected chi connectivity index (χ4v) is 2.31. The van der Waals surface area contributed by atoms with Crippen molar-refractivity contribution in [3.05, 3.63) is 21.8 Å². The molecule has 0 unspecified atom stereocenters. The van der Waals surface area contributed by atoms with Gasteiger partial charge in [0, 0.05) is 5.25 Å². The average Bonchev–Trinajstić information content (AvgIpc) is 2.26. The molecule has 0 aromatic carbocycles. The zero-order valence-corrected chi connectivity index (χ0v) is 11.1. The summed E-state index contributed by atoms with van der Waals surface area (Å²) in [6, 6.07) is 2.00. The normalized spacial score (nSPS) is 11.9. The minimum absolute atomic E-state index is 0.318. The van der Waals surface area contributed by atoms with Crippen LogP contribution in [-0.2, 0) is 4.79 Å². The van der Waals surface area contributed by atoms with Crippen molar-refractivity contribution in [2.75, 3.05) is 0 Å². The smallest absolute Gasteiger partial charge is 0.115 e. The van der Waals surface area contributed by atoms with Gasteiger partial charge >= 0.3 is 0 Å². The predicted molar refractivity (Wildman–Crippen MR) is 63.8 cm³/mol. The van der Waals surface area contributed by atoms with E-state index in [0.29, 0.717) is 26.9 Å². The summed E-state index contributed by atoms with van der Waals surface area (Å²) >= 11 is 6.97. The molecule has 0 saturated carbocycles. The lowest BCUT2D eigenvalue weighted by molar-refractivity contribution is -0.304. The van der Waals surface area contributed by atoms with Crippen molar-refractivity contribution in [1.82, 2.24) is 4.98 Å². The first-order chi connectivity index (χ1) is 7.88. The molecule has 0 saturated heterocycles. The van der Waals surface area contributed by atoms with E-state index in [0.717, 1.165) is 11.8 Å². The van der Waals surface area contributed by atoms with E-state index in [1.54, 1.807) is 13.8 Å². The minimum atomic E-state index is -1.19. The number of hydrogen-bond donors (Lipinski definition) is 0. The number of hydrogen-bond acceptors (Lipinski definition) is 5. The highest BCUT2D eigenvalue weighted by Gasteiger charge is 2.16. The van der Waals surface area contributed by atoms with Gasteiger partial charge in [0.1, 0.15) is 11.1 Å². The minimum Gasteiger partial charge on any atom is -0.549 e. The van der Waals surface area contributed by atoms with Crippen LogP contribution in [0.1, 0.15) is 23.7 Å². The number of aromatic nitrogens is 1. The van der Waals surface area contributed by atoms with E-state index >= 15 is 0 Å². The van der Waals surface area contributed by atoms with Crippen molar-refractivity contribution in [3.63, 3.8) is 0 Å². The van der Waals surface area contributed by atoms with Gasteiger partial charge in [0.05, 0.1) is 22.2 Å². The first-order valence-electron chi connectivity index (χ1n) is 4.82. The highest BCUT2D eigenvalue weighted by atomic mass is 35.5. The SMILES string of the molecule is Cc1nc(S[C@@H](C)C(=O)[O-])c(C#N)c(C)c1Cl. The van der Waals surface area contributed by atoms with Gasteiger partial charge in [-0.3, -0.25) is 0 Å². The lowest BCUT2D eigenvalue weighted by Gasteiger charge is -2.14. The van der Waals surface area contributed by atoms with Crippen LogP contribution in [0.4, 0.5) is 0 Å². The van der Waals surface area contributed by atoms with Gasteiger partial charge in [0.2, 0.25) is 0 Å². The average molecular weight is 270 g/mol. The van der Waals surface area contributed by atoms with Gasteiger partial charge in [-0.15, -0.1) is 0 Å². The molecule has 6 heteroatoms. The largest absolute Gasteiger partial charge is 0.549 e. The van der Waals surface area contributed by atoms with Crippen LogP contribution in [0.5, 0.6) is 0 Å². The fourth-order valence-electron chi connectivity index (χ4n) is 1.23. The third-order valence-electron chi connectivity index (χ3n) is 2.24. The summed E-state index contributed by atoms with van der Waals surface area (Å²) < 4.78 is 0. The molecular weight excluding hydrogens is 260 g/mol. The monoisotopic (exact) mass is 269 g/mol. The van der Waals surface area contributed by atoms with Crippen LogP contribution < -0.4 is 5.11 Å². The summed E-state index contributed by atoms with van der Waals surface area (Å²) in [5.74, 6) is -1.19. The van der Waals surface area contributed by atoms with Gasteiger partial charge in [-0.25, -0.2) is 4.98 Å². The molecule has 4 nitrogen and oxygen atoms in total. The number of halogens is 1. The Hall–Kier alpha value is -1.25. The summed E-state index contributed by atoms with van der Waals surface area (Å²) in [7, 11) is 0. The summed E-state index contributed by atoms with van der Waals surface area (Å²) in [4.78, 5) is 14.8. The van der Waals surface area contributed by atoms with Crippen molar-refractivity contribution in [2.24, 2.45) is 0 Å². The molecule has 0 aliphatic heterocycles. The number of aliphatic carboxylic acids is 1. The Kier molecular flexibility index (Phi) is 4.38. The second-order valence-electron chi connectivity index (χ2n) is 3.51. The van der Waals surface area contributed by atoms with Crippen LogP contribution in [0.15, 0.2) is 5.03 Å². The molecule has 1 aromatic rings. The van der Waals surface area contributed by atoms with Gasteiger partial charge in [0.25, 0.3) is 0 Å². The van der Waals surface area contributed by atoms with E-state index in [-0.39, 0.29) is 0 Å². The molecule has 0 N–H and O–H groups in total. The number of nitrogens with zero attached hydrogens (tertiary/aromatic N) is 2. The third-order valence-corrected chi connectivity index (χ3v) is 3.86. The maximum atomic E-state index is 10.7. The summed E-state index contributed by atoms with van der Waals surface area (Å²) in [6.45, 7) is 4.91. The molecule has 0 fully saturated rings. The Labute approximate surface area is 109 Å². The predicted octanol–water partition coefficient (Wildman–Crippen LogP) is 1.45. The Balaban J connectivity index is 3.25.